The van der Waals surface area contributed by atoms with E-state index in [0.29, 0.717) is 25.4 Å². The van der Waals surface area contributed by atoms with E-state index < -0.39 is 0 Å². The molecule has 1 unspecified atom stereocenters. The molecular formula is C7H12N2O2. The molecule has 0 saturated carbocycles. The quantitative estimate of drug-likeness (QED) is 0.345. The van der Waals surface area contributed by atoms with Crippen molar-refractivity contribution in [3.63, 3.8) is 0 Å². The van der Waals surface area contributed by atoms with Crippen LogP contribution in [0.4, 0.5) is 0 Å². The van der Waals surface area contributed by atoms with Crippen molar-refractivity contribution in [1.82, 2.24) is 0 Å². The maximum atomic E-state index is 10.9. The summed E-state index contributed by atoms with van der Waals surface area (Å²) >= 11 is 0. The van der Waals surface area contributed by atoms with Crippen molar-refractivity contribution < 1.29 is 9.53 Å². The van der Waals surface area contributed by atoms with Gasteiger partial charge in [0.25, 0.3) is 0 Å². The Bertz CT molecular complexity index is 189. The monoisotopic (exact) mass is 156 g/mol. The predicted molar refractivity (Wildman–Crippen MR) is 41.2 cm³/mol. The van der Waals surface area contributed by atoms with E-state index in [1.54, 1.807) is 0 Å². The zero-order valence-electron chi connectivity index (χ0n) is 6.54. The molecular weight excluding hydrogens is 144 g/mol. The molecule has 1 rings (SSSR count). The third kappa shape index (κ3) is 1.69. The molecule has 0 aliphatic carbocycles. The first kappa shape index (κ1) is 8.04. The standard InChI is InChI=1S/C7H12N2O2/c1-2-9-6(8)5-3-4-11-7(5)10/h5H,2-4H2,1H3,(H2,8,9). The fourth-order valence-corrected chi connectivity index (χ4v) is 1.06. The van der Waals surface area contributed by atoms with Crippen LogP contribution in [0.15, 0.2) is 4.99 Å². The van der Waals surface area contributed by atoms with Gasteiger partial charge in [-0.15, -0.1) is 0 Å². The van der Waals surface area contributed by atoms with Gasteiger partial charge in [0.2, 0.25) is 0 Å². The number of carbonyl (C=O) groups is 1. The van der Waals surface area contributed by atoms with E-state index in [9.17, 15) is 4.79 Å². The average molecular weight is 156 g/mol. The molecule has 0 spiro atoms. The van der Waals surface area contributed by atoms with Crippen molar-refractivity contribution in [2.45, 2.75) is 13.3 Å². The second-order valence-electron chi connectivity index (χ2n) is 2.41. The van der Waals surface area contributed by atoms with E-state index in [1.165, 1.54) is 0 Å². The zero-order chi connectivity index (χ0) is 8.27. The van der Waals surface area contributed by atoms with Gasteiger partial charge in [-0.3, -0.25) is 9.79 Å². The number of amidine groups is 1. The number of hydrogen-bond acceptors (Lipinski definition) is 3. The molecule has 11 heavy (non-hydrogen) atoms. The normalized spacial score (nSPS) is 25.4. The van der Waals surface area contributed by atoms with Crippen molar-refractivity contribution in [3.05, 3.63) is 0 Å². The lowest BCUT2D eigenvalue weighted by Crippen LogP contribution is -2.27. The summed E-state index contributed by atoms with van der Waals surface area (Å²) in [6.07, 6.45) is 0.675. The third-order valence-electron chi connectivity index (χ3n) is 1.63. The van der Waals surface area contributed by atoms with Crippen LogP contribution in [-0.2, 0) is 9.53 Å². The number of nitrogens with zero attached hydrogens (tertiary/aromatic N) is 1. The van der Waals surface area contributed by atoms with Gasteiger partial charge < -0.3 is 10.5 Å². The zero-order valence-corrected chi connectivity index (χ0v) is 6.54. The van der Waals surface area contributed by atoms with Crippen molar-refractivity contribution in [2.24, 2.45) is 16.6 Å². The van der Waals surface area contributed by atoms with Crippen LogP contribution in [0.25, 0.3) is 0 Å². The van der Waals surface area contributed by atoms with Crippen LogP contribution in [0.5, 0.6) is 0 Å². The molecule has 0 aromatic heterocycles. The second-order valence-corrected chi connectivity index (χ2v) is 2.41. The van der Waals surface area contributed by atoms with Gasteiger partial charge in [-0.1, -0.05) is 0 Å². The summed E-state index contributed by atoms with van der Waals surface area (Å²) in [6.45, 7) is 2.98. The van der Waals surface area contributed by atoms with E-state index in [1.807, 2.05) is 6.92 Å². The van der Waals surface area contributed by atoms with Crippen LogP contribution in [-0.4, -0.2) is 25.0 Å². The summed E-state index contributed by atoms with van der Waals surface area (Å²) < 4.78 is 4.73. The average Bonchev–Trinajstić information content (AvgIpc) is 2.36. The molecule has 4 heteroatoms. The first-order chi connectivity index (χ1) is 5.25. The number of hydrogen-bond donors (Lipinski definition) is 1. The molecule has 0 radical (unpaired) electrons. The minimum absolute atomic E-state index is 0.236. The van der Waals surface area contributed by atoms with Gasteiger partial charge in [-0.2, -0.15) is 0 Å². The van der Waals surface area contributed by atoms with Crippen LogP contribution in [0.1, 0.15) is 13.3 Å². The summed E-state index contributed by atoms with van der Waals surface area (Å²) in [7, 11) is 0. The highest BCUT2D eigenvalue weighted by molar-refractivity contribution is 6.00. The summed E-state index contributed by atoms with van der Waals surface area (Å²) in [5, 5.41) is 0. The number of carbonyl (C=O) groups excluding carboxylic acids is 1. The van der Waals surface area contributed by atoms with Crippen LogP contribution in [0, 0.1) is 5.92 Å². The summed E-state index contributed by atoms with van der Waals surface area (Å²) in [5.74, 6) is -0.107. The summed E-state index contributed by atoms with van der Waals surface area (Å²) in [5.41, 5.74) is 5.53. The highest BCUT2D eigenvalue weighted by atomic mass is 16.5. The van der Waals surface area contributed by atoms with Crippen molar-refractivity contribution in [2.75, 3.05) is 13.2 Å². The largest absolute Gasteiger partial charge is 0.465 e. The van der Waals surface area contributed by atoms with E-state index in [0.717, 1.165) is 0 Å². The Kier molecular flexibility index (Phi) is 2.46. The summed E-state index contributed by atoms with van der Waals surface area (Å²) in [4.78, 5) is 14.9. The van der Waals surface area contributed by atoms with Gasteiger partial charge in [-0.25, -0.2) is 0 Å². The first-order valence-electron chi connectivity index (χ1n) is 3.72. The molecule has 2 N–H and O–H groups in total. The van der Waals surface area contributed by atoms with E-state index in [4.69, 9.17) is 10.5 Å². The SMILES string of the molecule is CCN=C(N)C1CCOC1=O. The smallest absolute Gasteiger partial charge is 0.316 e. The Morgan fingerprint density at radius 3 is 3.09 bits per heavy atom. The molecule has 62 valence electrons. The lowest BCUT2D eigenvalue weighted by molar-refractivity contribution is -0.139. The van der Waals surface area contributed by atoms with Gasteiger partial charge >= 0.3 is 5.97 Å². The Morgan fingerprint density at radius 1 is 1.91 bits per heavy atom. The van der Waals surface area contributed by atoms with Gasteiger partial charge in [0, 0.05) is 13.0 Å². The van der Waals surface area contributed by atoms with Crippen molar-refractivity contribution in [1.29, 1.82) is 0 Å². The number of nitrogens with two attached hydrogens (primary N) is 1. The third-order valence-corrected chi connectivity index (χ3v) is 1.63. The number of ether oxygens (including phenoxy) is 1. The van der Waals surface area contributed by atoms with Crippen LogP contribution >= 0.6 is 0 Å². The molecule has 1 atom stereocenters. The molecule has 1 aliphatic rings. The maximum absolute atomic E-state index is 10.9. The predicted octanol–water partition coefficient (Wildman–Crippen LogP) is -0.0734. The van der Waals surface area contributed by atoms with Gasteiger partial charge in [0.15, 0.2) is 0 Å². The number of esters is 1. The summed E-state index contributed by atoms with van der Waals surface area (Å²) in [6, 6.07) is 0. The molecule has 1 fully saturated rings. The molecule has 1 aliphatic heterocycles. The van der Waals surface area contributed by atoms with Gasteiger partial charge in [0.05, 0.1) is 6.61 Å². The molecule has 1 saturated heterocycles. The Hall–Kier alpha value is -1.06. The van der Waals surface area contributed by atoms with Crippen molar-refractivity contribution >= 4 is 11.8 Å². The molecule has 4 nitrogen and oxygen atoms in total. The molecule has 0 aromatic rings. The molecule has 0 bridgehead atoms. The highest BCUT2D eigenvalue weighted by Gasteiger charge is 2.29. The van der Waals surface area contributed by atoms with Crippen LogP contribution in [0.2, 0.25) is 0 Å². The molecule has 0 amide bonds. The van der Waals surface area contributed by atoms with E-state index in [-0.39, 0.29) is 11.9 Å². The molecule has 0 aromatic carbocycles. The fourth-order valence-electron chi connectivity index (χ4n) is 1.06. The number of rotatable bonds is 2. The Morgan fingerprint density at radius 2 is 2.64 bits per heavy atom. The van der Waals surface area contributed by atoms with E-state index in [2.05, 4.69) is 4.99 Å². The lowest BCUT2D eigenvalue weighted by Gasteiger charge is -2.02. The minimum Gasteiger partial charge on any atom is -0.465 e. The second kappa shape index (κ2) is 3.37. The van der Waals surface area contributed by atoms with Crippen molar-refractivity contribution in [3.8, 4) is 0 Å². The first-order valence-corrected chi connectivity index (χ1v) is 3.72. The lowest BCUT2D eigenvalue weighted by atomic mass is 10.1. The topological polar surface area (TPSA) is 64.7 Å². The minimum atomic E-state index is -0.282. The maximum Gasteiger partial charge on any atom is 0.316 e. The Labute approximate surface area is 65.4 Å². The van der Waals surface area contributed by atoms with Gasteiger partial charge in [0.1, 0.15) is 11.8 Å². The van der Waals surface area contributed by atoms with Crippen LogP contribution < -0.4 is 5.73 Å². The fraction of sp³-hybridized carbons (Fsp3) is 0.714. The van der Waals surface area contributed by atoms with Gasteiger partial charge in [-0.05, 0) is 6.92 Å². The highest BCUT2D eigenvalue weighted by Crippen LogP contribution is 2.13. The number of aliphatic imine (C=N–C) groups is 1. The van der Waals surface area contributed by atoms with E-state index >= 15 is 0 Å². The number of cyclic esters (lactones) is 1. The molecule has 1 heterocycles. The van der Waals surface area contributed by atoms with Crippen LogP contribution in [0.3, 0.4) is 0 Å². The Balaban J connectivity index is 2.59.